The van der Waals surface area contributed by atoms with E-state index < -0.39 is 9.05 Å². The summed E-state index contributed by atoms with van der Waals surface area (Å²) >= 11 is 0. The van der Waals surface area contributed by atoms with E-state index in [-0.39, 0.29) is 147 Å². The average molecular weight is 508 g/mol. The maximum Gasteiger partial charge on any atom is 2.00 e. The molecule has 0 aliphatic carbocycles. The fourth-order valence-corrected chi connectivity index (χ4v) is 0. The van der Waals surface area contributed by atoms with Gasteiger partial charge in [-0.05, 0) is 0 Å². The minimum Gasteiger partial charge on any atom is -0.368 e. The second-order valence-electron chi connectivity index (χ2n) is 0.600. The van der Waals surface area contributed by atoms with Gasteiger partial charge in [0, 0.05) is 0 Å². The summed E-state index contributed by atoms with van der Waals surface area (Å²) in [5.41, 5.74) is 0. The molecule has 4 nitrogen and oxygen atoms in total. The molecule has 0 atom stereocenters. The Kier molecular flexibility index (Phi) is 33.8. The Labute approximate surface area is 169 Å². The zero-order chi connectivity index (χ0) is 4.50. The summed E-state index contributed by atoms with van der Waals surface area (Å²) in [5, 5.41) is 0. The Morgan fingerprint density at radius 3 is 0.625 bits per heavy atom. The minimum atomic E-state index is -4.61. The van der Waals surface area contributed by atoms with E-state index in [9.17, 15) is 0 Å². The molecule has 0 fully saturated rings. The summed E-state index contributed by atoms with van der Waals surface area (Å²) in [6, 6.07) is 0. The van der Waals surface area contributed by atoms with E-state index in [1.165, 1.54) is 0 Å². The van der Waals surface area contributed by atoms with Gasteiger partial charge in [0.1, 0.15) is 0 Å². The predicted molar refractivity (Wildman–Crippen MR) is 31.9 cm³/mol. The Balaban J connectivity index is -0.0000000267. The molecule has 0 radical (unpaired) electrons. The van der Waals surface area contributed by atoms with Crippen molar-refractivity contribution in [2.24, 2.45) is 0 Å². The van der Waals surface area contributed by atoms with Crippen LogP contribution < -0.4 is 0 Å². The molecule has 0 saturated carbocycles. The van der Waals surface area contributed by atoms with E-state index in [1.54, 1.807) is 0 Å². The summed E-state index contributed by atoms with van der Waals surface area (Å²) in [6.45, 7) is 0. The summed E-state index contributed by atoms with van der Waals surface area (Å²) in [4.78, 5) is 29.3. The van der Waals surface area contributed by atoms with Gasteiger partial charge in [0.2, 0.25) is 0 Å². The summed E-state index contributed by atoms with van der Waals surface area (Å²) in [5.74, 6) is 0. The van der Waals surface area contributed by atoms with Crippen LogP contribution in [-0.4, -0.2) is 175 Å². The van der Waals surface area contributed by atoms with Crippen LogP contribution in [0.15, 0.2) is 0 Å². The molecule has 0 unspecified atom stereocenters. The summed E-state index contributed by atoms with van der Waals surface area (Å²) in [6.07, 6.45) is 0. The molecule has 0 aliphatic heterocycles. The van der Waals surface area contributed by atoms with Gasteiger partial charge in [0.25, 0.3) is 0 Å². The fraction of sp³-hybridized carbons (Fsp3) is 0. The Morgan fingerprint density at radius 2 is 0.625 bits per heavy atom. The SMILES string of the molecule is O[Si](O)(O)O.[Ba+2].[Ba+2].[Ba+2]. The molecule has 0 rings (SSSR count). The largest absolute Gasteiger partial charge is 2.00 e. The van der Waals surface area contributed by atoms with Gasteiger partial charge < -0.3 is 19.2 Å². The van der Waals surface area contributed by atoms with Crippen molar-refractivity contribution in [2.75, 3.05) is 0 Å². The van der Waals surface area contributed by atoms with Gasteiger partial charge in [0.05, 0.1) is 0 Å². The third-order valence-electron chi connectivity index (χ3n) is 0. The van der Waals surface area contributed by atoms with Crippen LogP contribution in [0.3, 0.4) is 0 Å². The van der Waals surface area contributed by atoms with Crippen molar-refractivity contribution in [1.29, 1.82) is 0 Å². The van der Waals surface area contributed by atoms with Gasteiger partial charge in [-0.1, -0.05) is 0 Å². The summed E-state index contributed by atoms with van der Waals surface area (Å²) in [7, 11) is -4.61. The third kappa shape index (κ3) is 45.2. The topological polar surface area (TPSA) is 80.9 Å². The molecule has 8 heteroatoms. The molecule has 32 valence electrons. The van der Waals surface area contributed by atoms with Crippen LogP contribution in [-0.2, 0) is 0 Å². The normalized spacial score (nSPS) is 7.50. The van der Waals surface area contributed by atoms with E-state index in [1.807, 2.05) is 0 Å². The van der Waals surface area contributed by atoms with E-state index in [0.29, 0.717) is 0 Å². The average Bonchev–Trinajstić information content (AvgIpc) is 0.722. The van der Waals surface area contributed by atoms with Crippen molar-refractivity contribution in [3.05, 3.63) is 0 Å². The smallest absolute Gasteiger partial charge is 0.368 e. The summed E-state index contributed by atoms with van der Waals surface area (Å²) < 4.78 is 0. The number of rotatable bonds is 0. The van der Waals surface area contributed by atoms with Crippen LogP contribution in [0.4, 0.5) is 0 Å². The first kappa shape index (κ1) is 23.0. The van der Waals surface area contributed by atoms with Crippen LogP contribution in [0.5, 0.6) is 0 Å². The first-order valence-electron chi connectivity index (χ1n) is 0.894. The standard InChI is InChI=1S/3Ba.H4O4Si/c;;;1-5(2,3)4/h;;;1-4H/q3*+2;. The molecule has 4 N–H and O–H groups in total. The quantitative estimate of drug-likeness (QED) is 0.254. The Hall–Kier alpha value is 4.77. The maximum absolute atomic E-state index is 7.33. The van der Waals surface area contributed by atoms with Crippen molar-refractivity contribution in [2.45, 2.75) is 0 Å². The first-order valence-corrected chi connectivity index (χ1v) is 2.68. The van der Waals surface area contributed by atoms with Crippen molar-refractivity contribution < 1.29 is 19.2 Å². The third-order valence-corrected chi connectivity index (χ3v) is 0. The molecule has 0 bridgehead atoms. The maximum atomic E-state index is 7.33. The second kappa shape index (κ2) is 11.8. The molecule has 0 aromatic heterocycles. The zero-order valence-corrected chi connectivity index (χ0v) is 18.7. The van der Waals surface area contributed by atoms with Gasteiger partial charge in [0.15, 0.2) is 0 Å². The number of hydrogen-bond acceptors (Lipinski definition) is 4. The minimum absolute atomic E-state index is 0. The molecular weight excluding hydrogens is 504 g/mol. The molecule has 0 amide bonds. The van der Waals surface area contributed by atoms with Crippen LogP contribution in [0.25, 0.3) is 0 Å². The Morgan fingerprint density at radius 1 is 0.625 bits per heavy atom. The fourth-order valence-electron chi connectivity index (χ4n) is 0. The van der Waals surface area contributed by atoms with Gasteiger partial charge in [-0.2, -0.15) is 0 Å². The van der Waals surface area contributed by atoms with Gasteiger partial charge in [-0.25, -0.2) is 0 Å². The van der Waals surface area contributed by atoms with Crippen LogP contribution in [0.1, 0.15) is 0 Å². The van der Waals surface area contributed by atoms with Crippen molar-refractivity contribution in [1.82, 2.24) is 0 Å². The molecule has 0 spiro atoms. The first-order chi connectivity index (χ1) is 2.00. The molecule has 0 saturated heterocycles. The molecule has 0 aliphatic rings. The second-order valence-corrected chi connectivity index (χ2v) is 1.80. The van der Waals surface area contributed by atoms with E-state index in [4.69, 9.17) is 19.2 Å². The molecule has 0 aromatic rings. The van der Waals surface area contributed by atoms with Crippen molar-refractivity contribution in [3.8, 4) is 0 Å². The molecule has 0 heterocycles. The van der Waals surface area contributed by atoms with E-state index in [2.05, 4.69) is 0 Å². The zero-order valence-electron chi connectivity index (χ0n) is 4.41. The molecule has 0 aromatic carbocycles. The van der Waals surface area contributed by atoms with Crippen molar-refractivity contribution >= 4 is 156 Å². The van der Waals surface area contributed by atoms with Crippen LogP contribution in [0.2, 0.25) is 0 Å². The predicted octanol–water partition coefficient (Wildman–Crippen LogP) is -3.75. The van der Waals surface area contributed by atoms with Gasteiger partial charge in [-0.15, -0.1) is 0 Å². The van der Waals surface area contributed by atoms with E-state index in [0.717, 1.165) is 0 Å². The Bertz CT molecular complexity index is 26.8. The van der Waals surface area contributed by atoms with Crippen LogP contribution >= 0.6 is 0 Å². The van der Waals surface area contributed by atoms with Gasteiger partial charge in [-0.3, -0.25) is 0 Å². The monoisotopic (exact) mass is 510 g/mol. The van der Waals surface area contributed by atoms with E-state index >= 15 is 0 Å². The van der Waals surface area contributed by atoms with Gasteiger partial charge >= 0.3 is 156 Å². The molecule has 8 heavy (non-hydrogen) atoms. The van der Waals surface area contributed by atoms with Crippen molar-refractivity contribution in [3.63, 3.8) is 0 Å². The van der Waals surface area contributed by atoms with Crippen LogP contribution in [0, 0.1) is 0 Å². The molecular formula is H4Ba3O4Si+6. The number of hydrogen-bond donors (Lipinski definition) is 4.